The predicted molar refractivity (Wildman–Crippen MR) is 97.3 cm³/mol. The molecule has 5 nitrogen and oxygen atoms in total. The van der Waals surface area contributed by atoms with Gasteiger partial charge in [-0.25, -0.2) is 9.78 Å². The van der Waals surface area contributed by atoms with Gasteiger partial charge in [0, 0.05) is 10.7 Å². The minimum atomic E-state index is -0.281. The van der Waals surface area contributed by atoms with Gasteiger partial charge in [0.1, 0.15) is 5.82 Å². The Labute approximate surface area is 145 Å². The number of H-pyrrole nitrogens is 1. The molecule has 3 rings (SSSR count). The molecule has 0 aliphatic rings. The van der Waals surface area contributed by atoms with Crippen LogP contribution in [0.1, 0.15) is 25.7 Å². The van der Waals surface area contributed by atoms with Gasteiger partial charge in [0.15, 0.2) is 0 Å². The van der Waals surface area contributed by atoms with Gasteiger partial charge >= 0.3 is 6.03 Å². The molecule has 3 N–H and O–H groups in total. The average molecular weight is 343 g/mol. The first-order valence-corrected chi connectivity index (χ1v) is 8.18. The smallest absolute Gasteiger partial charge is 0.319 e. The molecule has 3 aromatic rings. The van der Waals surface area contributed by atoms with E-state index in [0.717, 1.165) is 16.9 Å². The molecule has 1 atom stereocenters. The SMILES string of the molecule is CC(C)C(NC(=O)Nc1ccc(Cl)cc1)c1nc2ccccc2[nH]1. The second-order valence-electron chi connectivity index (χ2n) is 5.97. The maximum atomic E-state index is 12.3. The Bertz CT molecular complexity index is 809. The van der Waals surface area contributed by atoms with Crippen LogP contribution in [0.5, 0.6) is 0 Å². The van der Waals surface area contributed by atoms with E-state index >= 15 is 0 Å². The second kappa shape index (κ2) is 6.93. The highest BCUT2D eigenvalue weighted by molar-refractivity contribution is 6.30. The standard InChI is InChI=1S/C18H19ClN4O/c1-11(2)16(17-21-14-5-3-4-6-15(14)22-17)23-18(24)20-13-9-7-12(19)8-10-13/h3-11,16H,1-2H3,(H,21,22)(H2,20,23,24). The first-order chi connectivity index (χ1) is 11.5. The van der Waals surface area contributed by atoms with Crippen molar-refractivity contribution in [3.8, 4) is 0 Å². The van der Waals surface area contributed by atoms with Crippen LogP contribution < -0.4 is 10.6 Å². The molecule has 0 saturated heterocycles. The third kappa shape index (κ3) is 3.68. The second-order valence-corrected chi connectivity index (χ2v) is 6.40. The summed E-state index contributed by atoms with van der Waals surface area (Å²) in [7, 11) is 0. The molecule has 0 aliphatic carbocycles. The Morgan fingerprint density at radius 1 is 1.12 bits per heavy atom. The van der Waals surface area contributed by atoms with Crippen molar-refractivity contribution in [3.05, 3.63) is 59.4 Å². The maximum Gasteiger partial charge on any atom is 0.319 e. The molecule has 0 radical (unpaired) electrons. The Balaban J connectivity index is 1.76. The Morgan fingerprint density at radius 2 is 1.83 bits per heavy atom. The molecule has 0 aliphatic heterocycles. The zero-order valence-electron chi connectivity index (χ0n) is 13.5. The van der Waals surface area contributed by atoms with Crippen LogP contribution >= 0.6 is 11.6 Å². The molecular weight excluding hydrogens is 324 g/mol. The van der Waals surface area contributed by atoms with Gasteiger partial charge in [-0.3, -0.25) is 0 Å². The molecular formula is C18H19ClN4O. The van der Waals surface area contributed by atoms with Crippen LogP contribution in [0.2, 0.25) is 5.02 Å². The van der Waals surface area contributed by atoms with Crippen molar-refractivity contribution in [3.63, 3.8) is 0 Å². The van der Waals surface area contributed by atoms with E-state index in [4.69, 9.17) is 11.6 Å². The molecule has 6 heteroatoms. The molecule has 1 unspecified atom stereocenters. The molecule has 1 heterocycles. The number of fused-ring (bicyclic) bond motifs is 1. The fourth-order valence-corrected chi connectivity index (χ4v) is 2.64. The number of rotatable bonds is 4. The number of hydrogen-bond acceptors (Lipinski definition) is 2. The number of halogens is 1. The van der Waals surface area contributed by atoms with E-state index in [-0.39, 0.29) is 18.0 Å². The minimum absolute atomic E-state index is 0.182. The number of hydrogen-bond donors (Lipinski definition) is 3. The predicted octanol–water partition coefficient (Wildman–Crippen LogP) is 4.74. The van der Waals surface area contributed by atoms with Crippen LogP contribution in [0.25, 0.3) is 11.0 Å². The van der Waals surface area contributed by atoms with Crippen molar-refractivity contribution >= 4 is 34.4 Å². The third-order valence-corrected chi connectivity index (χ3v) is 4.01. The summed E-state index contributed by atoms with van der Waals surface area (Å²) in [5, 5.41) is 6.42. The molecule has 0 fully saturated rings. The Hall–Kier alpha value is -2.53. The summed E-state index contributed by atoms with van der Waals surface area (Å²) in [5.41, 5.74) is 2.53. The van der Waals surface area contributed by atoms with Crippen molar-refractivity contribution in [2.24, 2.45) is 5.92 Å². The molecule has 0 bridgehead atoms. The number of para-hydroxylation sites is 2. The summed E-state index contributed by atoms with van der Waals surface area (Å²) in [5.74, 6) is 0.930. The number of nitrogens with zero attached hydrogens (tertiary/aromatic N) is 1. The van der Waals surface area contributed by atoms with E-state index < -0.39 is 0 Å². The molecule has 0 saturated carbocycles. The summed E-state index contributed by atoms with van der Waals surface area (Å²) < 4.78 is 0. The lowest BCUT2D eigenvalue weighted by atomic mass is 10.0. The number of carbonyl (C=O) groups is 1. The zero-order valence-corrected chi connectivity index (χ0v) is 14.3. The fourth-order valence-electron chi connectivity index (χ4n) is 2.51. The Kier molecular flexibility index (Phi) is 4.71. The summed E-state index contributed by atoms with van der Waals surface area (Å²) in [6, 6.07) is 14.3. The van der Waals surface area contributed by atoms with E-state index in [1.165, 1.54) is 0 Å². The number of aromatic nitrogens is 2. The van der Waals surface area contributed by atoms with Gasteiger partial charge < -0.3 is 15.6 Å². The summed E-state index contributed by atoms with van der Waals surface area (Å²) >= 11 is 5.85. The largest absolute Gasteiger partial charge is 0.340 e. The van der Waals surface area contributed by atoms with Crippen molar-refractivity contribution in [2.75, 3.05) is 5.32 Å². The number of imidazole rings is 1. The monoisotopic (exact) mass is 342 g/mol. The molecule has 24 heavy (non-hydrogen) atoms. The van der Waals surface area contributed by atoms with Crippen LogP contribution in [0.15, 0.2) is 48.5 Å². The van der Waals surface area contributed by atoms with Crippen LogP contribution in [-0.4, -0.2) is 16.0 Å². The van der Waals surface area contributed by atoms with Gasteiger partial charge in [-0.1, -0.05) is 37.6 Å². The van der Waals surface area contributed by atoms with Gasteiger partial charge in [0.05, 0.1) is 17.1 Å². The number of nitrogens with one attached hydrogen (secondary N) is 3. The number of carbonyl (C=O) groups excluding carboxylic acids is 1. The van der Waals surface area contributed by atoms with E-state index in [1.807, 2.05) is 38.1 Å². The summed E-state index contributed by atoms with van der Waals surface area (Å²) in [6.45, 7) is 4.08. The highest BCUT2D eigenvalue weighted by atomic mass is 35.5. The van der Waals surface area contributed by atoms with Crippen molar-refractivity contribution in [2.45, 2.75) is 19.9 Å². The van der Waals surface area contributed by atoms with Gasteiger partial charge in [-0.2, -0.15) is 0 Å². The van der Waals surface area contributed by atoms with Crippen LogP contribution in [0.4, 0.5) is 10.5 Å². The van der Waals surface area contributed by atoms with Crippen molar-refractivity contribution in [1.82, 2.24) is 15.3 Å². The van der Waals surface area contributed by atoms with Crippen molar-refractivity contribution in [1.29, 1.82) is 0 Å². The summed E-state index contributed by atoms with van der Waals surface area (Å²) in [6.07, 6.45) is 0. The van der Waals surface area contributed by atoms with Crippen molar-refractivity contribution < 1.29 is 4.79 Å². The topological polar surface area (TPSA) is 69.8 Å². The van der Waals surface area contributed by atoms with E-state index in [1.54, 1.807) is 24.3 Å². The van der Waals surface area contributed by atoms with Gasteiger partial charge in [-0.15, -0.1) is 0 Å². The summed E-state index contributed by atoms with van der Waals surface area (Å²) in [4.78, 5) is 20.2. The van der Waals surface area contributed by atoms with Gasteiger partial charge in [-0.05, 0) is 42.3 Å². The first kappa shape index (κ1) is 16.3. The lowest BCUT2D eigenvalue weighted by Crippen LogP contribution is -2.35. The van der Waals surface area contributed by atoms with Gasteiger partial charge in [0.25, 0.3) is 0 Å². The molecule has 1 aromatic heterocycles. The lowest BCUT2D eigenvalue weighted by Gasteiger charge is -2.20. The van der Waals surface area contributed by atoms with Crippen LogP contribution in [0, 0.1) is 5.92 Å². The quantitative estimate of drug-likeness (QED) is 0.641. The normalized spacial score (nSPS) is 12.3. The Morgan fingerprint density at radius 3 is 2.50 bits per heavy atom. The lowest BCUT2D eigenvalue weighted by molar-refractivity contribution is 0.244. The van der Waals surface area contributed by atoms with Gasteiger partial charge in [0.2, 0.25) is 0 Å². The highest BCUT2D eigenvalue weighted by Crippen LogP contribution is 2.22. The highest BCUT2D eigenvalue weighted by Gasteiger charge is 2.21. The minimum Gasteiger partial charge on any atom is -0.340 e. The number of urea groups is 1. The number of aromatic amines is 1. The van der Waals surface area contributed by atoms with Crippen LogP contribution in [-0.2, 0) is 0 Å². The average Bonchev–Trinajstić information content (AvgIpc) is 2.98. The molecule has 0 spiro atoms. The molecule has 124 valence electrons. The van der Waals surface area contributed by atoms with E-state index in [9.17, 15) is 4.79 Å². The number of amides is 2. The van der Waals surface area contributed by atoms with E-state index in [2.05, 4.69) is 20.6 Å². The van der Waals surface area contributed by atoms with Crippen LogP contribution in [0.3, 0.4) is 0 Å². The van der Waals surface area contributed by atoms with E-state index in [0.29, 0.717) is 10.7 Å². The number of anilines is 1. The maximum absolute atomic E-state index is 12.3. The third-order valence-electron chi connectivity index (χ3n) is 3.76. The molecule has 2 aromatic carbocycles. The zero-order chi connectivity index (χ0) is 17.1. The first-order valence-electron chi connectivity index (χ1n) is 7.80. The number of benzene rings is 2. The molecule has 2 amide bonds. The fraction of sp³-hybridized carbons (Fsp3) is 0.222.